The number of hydrogen-bond donors (Lipinski definition) is 1. The Bertz CT molecular complexity index is 1120. The lowest BCUT2D eigenvalue weighted by Crippen LogP contribution is -2.53. The normalized spacial score (nSPS) is 31.4. The fourth-order valence-electron chi connectivity index (χ4n) is 6.31. The first-order valence-electron chi connectivity index (χ1n) is 12.6. The second kappa shape index (κ2) is 9.88. The van der Waals surface area contributed by atoms with E-state index in [1.165, 1.54) is 0 Å². The molecule has 0 radical (unpaired) electrons. The summed E-state index contributed by atoms with van der Waals surface area (Å²) in [5.41, 5.74) is 1.52. The van der Waals surface area contributed by atoms with Gasteiger partial charge in [0.2, 0.25) is 11.8 Å². The molecule has 4 aliphatic heterocycles. The molecular formula is C27H32ClN3O4S. The van der Waals surface area contributed by atoms with Gasteiger partial charge in [0.05, 0.1) is 27.3 Å². The van der Waals surface area contributed by atoms with E-state index in [9.17, 15) is 19.5 Å². The number of aliphatic hydroxyl groups is 1. The van der Waals surface area contributed by atoms with Gasteiger partial charge in [-0.25, -0.2) is 0 Å². The van der Waals surface area contributed by atoms with Gasteiger partial charge in [-0.15, -0.1) is 11.8 Å². The molecule has 3 amide bonds. The van der Waals surface area contributed by atoms with E-state index in [0.29, 0.717) is 36.8 Å². The molecule has 4 aliphatic rings. The highest BCUT2D eigenvalue weighted by Gasteiger charge is 2.71. The lowest BCUT2D eigenvalue weighted by atomic mass is 9.78. The monoisotopic (exact) mass is 529 g/mol. The van der Waals surface area contributed by atoms with Crippen LogP contribution in [0.1, 0.15) is 25.3 Å². The quantitative estimate of drug-likeness (QED) is 0.573. The summed E-state index contributed by atoms with van der Waals surface area (Å²) in [5, 5.41) is 9.86. The number of thioether (sulfide) groups is 1. The van der Waals surface area contributed by atoms with Gasteiger partial charge in [0.1, 0.15) is 6.04 Å². The summed E-state index contributed by atoms with van der Waals surface area (Å²) in [6, 6.07) is 4.75. The molecule has 5 atom stereocenters. The summed E-state index contributed by atoms with van der Waals surface area (Å²) in [6.07, 6.45) is 9.23. The Kier molecular flexibility index (Phi) is 6.96. The van der Waals surface area contributed by atoms with Crippen LogP contribution in [0.25, 0.3) is 0 Å². The molecule has 9 heteroatoms. The number of hydrogen-bond acceptors (Lipinski definition) is 5. The highest BCUT2D eigenvalue weighted by molar-refractivity contribution is 8.02. The predicted octanol–water partition coefficient (Wildman–Crippen LogP) is 3.04. The van der Waals surface area contributed by atoms with Crippen molar-refractivity contribution in [3.63, 3.8) is 0 Å². The second-order valence-corrected chi connectivity index (χ2v) is 11.8. The van der Waals surface area contributed by atoms with Crippen LogP contribution in [0.2, 0.25) is 5.02 Å². The van der Waals surface area contributed by atoms with Crippen molar-refractivity contribution in [1.29, 1.82) is 0 Å². The summed E-state index contributed by atoms with van der Waals surface area (Å²) in [5.74, 6) is -1.56. The first kappa shape index (κ1) is 25.4. The van der Waals surface area contributed by atoms with Crippen LogP contribution in [0.15, 0.2) is 42.5 Å². The van der Waals surface area contributed by atoms with E-state index in [4.69, 9.17) is 11.6 Å². The van der Waals surface area contributed by atoms with Crippen molar-refractivity contribution < 1.29 is 19.5 Å². The van der Waals surface area contributed by atoms with Gasteiger partial charge in [-0.3, -0.25) is 14.4 Å². The average Bonchev–Trinajstić information content (AvgIpc) is 3.16. The minimum atomic E-state index is -0.863. The summed E-state index contributed by atoms with van der Waals surface area (Å²) in [4.78, 5) is 47.3. The third-order valence-electron chi connectivity index (χ3n) is 7.75. The van der Waals surface area contributed by atoms with E-state index in [2.05, 4.69) is 6.08 Å². The van der Waals surface area contributed by atoms with Gasteiger partial charge in [0.25, 0.3) is 5.91 Å². The smallest absolute Gasteiger partial charge is 0.251 e. The lowest BCUT2D eigenvalue weighted by molar-refractivity contribution is -0.142. The van der Waals surface area contributed by atoms with Gasteiger partial charge in [-0.2, -0.15) is 0 Å². The van der Waals surface area contributed by atoms with Crippen molar-refractivity contribution in [2.24, 2.45) is 11.8 Å². The average molecular weight is 530 g/mol. The number of aliphatic hydroxyl groups excluding tert-OH is 1. The molecule has 1 aromatic rings. The van der Waals surface area contributed by atoms with Crippen LogP contribution >= 0.6 is 23.4 Å². The molecule has 0 bridgehead atoms. The number of rotatable bonds is 6. The Morgan fingerprint density at radius 1 is 1.11 bits per heavy atom. The largest absolute Gasteiger partial charge is 0.396 e. The fraction of sp³-hybridized carbons (Fsp3) is 0.519. The molecule has 0 aliphatic carbocycles. The number of anilines is 1. The number of likely N-dealkylation sites (tertiary alicyclic amines) is 1. The number of amides is 3. The van der Waals surface area contributed by atoms with Crippen molar-refractivity contribution in [1.82, 2.24) is 9.80 Å². The fourth-order valence-corrected chi connectivity index (χ4v) is 8.64. The van der Waals surface area contributed by atoms with Gasteiger partial charge in [-0.05, 0) is 31.4 Å². The Balaban J connectivity index is 1.62. The Hall–Kier alpha value is -2.29. The van der Waals surface area contributed by atoms with Gasteiger partial charge in [0, 0.05) is 38.0 Å². The maximum absolute atomic E-state index is 14.4. The van der Waals surface area contributed by atoms with Gasteiger partial charge >= 0.3 is 0 Å². The number of halogens is 1. The van der Waals surface area contributed by atoms with Crippen LogP contribution in [0.3, 0.4) is 0 Å². The zero-order chi connectivity index (χ0) is 25.6. The maximum Gasteiger partial charge on any atom is 0.251 e. The minimum absolute atomic E-state index is 0.0127. The van der Waals surface area contributed by atoms with Crippen LogP contribution in [0.4, 0.5) is 5.69 Å². The van der Waals surface area contributed by atoms with Crippen LogP contribution in [-0.2, 0) is 14.4 Å². The zero-order valence-electron chi connectivity index (χ0n) is 20.6. The summed E-state index contributed by atoms with van der Waals surface area (Å²) < 4.78 is -0.863. The van der Waals surface area contributed by atoms with Crippen LogP contribution in [-0.4, -0.2) is 81.5 Å². The van der Waals surface area contributed by atoms with E-state index < -0.39 is 22.6 Å². The molecule has 1 spiro atoms. The van der Waals surface area contributed by atoms with E-state index in [-0.39, 0.29) is 36.1 Å². The molecule has 0 saturated carbocycles. The number of nitrogens with zero attached hydrogens (tertiary/aromatic N) is 3. The van der Waals surface area contributed by atoms with Crippen molar-refractivity contribution >= 4 is 46.8 Å². The minimum Gasteiger partial charge on any atom is -0.396 e. The molecular weight excluding hydrogens is 498 g/mol. The van der Waals surface area contributed by atoms with Crippen LogP contribution < -0.4 is 4.90 Å². The van der Waals surface area contributed by atoms with Gasteiger partial charge in [0.15, 0.2) is 0 Å². The molecule has 0 aromatic heterocycles. The topological polar surface area (TPSA) is 81.2 Å². The zero-order valence-corrected chi connectivity index (χ0v) is 22.2. The van der Waals surface area contributed by atoms with Crippen LogP contribution in [0, 0.1) is 18.8 Å². The number of benzene rings is 1. The maximum atomic E-state index is 14.4. The first-order chi connectivity index (χ1) is 17.4. The number of fused-ring (bicyclic) bond motifs is 2. The molecule has 5 rings (SSSR count). The molecule has 36 heavy (non-hydrogen) atoms. The Morgan fingerprint density at radius 3 is 2.64 bits per heavy atom. The number of para-hydroxylation sites is 1. The summed E-state index contributed by atoms with van der Waals surface area (Å²) in [7, 11) is 0. The summed E-state index contributed by atoms with van der Waals surface area (Å²) in [6.45, 7) is 5.63. The third kappa shape index (κ3) is 3.80. The lowest BCUT2D eigenvalue weighted by Gasteiger charge is -2.35. The number of carbonyl (C=O) groups excluding carboxylic acids is 3. The highest BCUT2D eigenvalue weighted by Crippen LogP contribution is 2.61. The third-order valence-corrected chi connectivity index (χ3v) is 9.80. The van der Waals surface area contributed by atoms with Crippen molar-refractivity contribution in [3.05, 3.63) is 53.1 Å². The molecule has 2 saturated heterocycles. The predicted molar refractivity (Wildman–Crippen MR) is 142 cm³/mol. The molecule has 1 N–H and O–H groups in total. The van der Waals surface area contributed by atoms with E-state index in [0.717, 1.165) is 12.0 Å². The Labute approximate surface area is 221 Å². The van der Waals surface area contributed by atoms with Crippen molar-refractivity contribution in [3.8, 4) is 0 Å². The van der Waals surface area contributed by atoms with Crippen molar-refractivity contribution in [2.75, 3.05) is 37.7 Å². The van der Waals surface area contributed by atoms with Gasteiger partial charge < -0.3 is 19.8 Å². The first-order valence-corrected chi connectivity index (χ1v) is 13.9. The second-order valence-electron chi connectivity index (χ2n) is 9.92. The highest BCUT2D eigenvalue weighted by atomic mass is 35.5. The molecule has 2 fully saturated rings. The standard InChI is InChI=1S/C27H32ClN3O4S/c1-3-12-29-13-5-10-19-20(24(29)33)21-25(34)31(15-7-16-32)23-26(35)30(14-6-11-27(21,23)36-19)22-17(2)8-4-9-18(22)28/h4-6,8-11,19-21,23,32H,3,7,12-16H2,1-2H3/t19-,20+,21-,23?,27-/m0/s1. The van der Waals surface area contributed by atoms with E-state index >= 15 is 0 Å². The molecule has 4 heterocycles. The molecule has 1 aromatic carbocycles. The Morgan fingerprint density at radius 2 is 1.92 bits per heavy atom. The molecule has 1 unspecified atom stereocenters. The summed E-state index contributed by atoms with van der Waals surface area (Å²) >= 11 is 8.14. The number of aryl methyl sites for hydroxylation is 1. The SMILES string of the molecule is CCCN1CC=C[C@@H]2S[C@]34C=CCN(c5c(C)cccc5Cl)C(=O)C3N(CCCO)C(=O)[C@@H]4[C@@H]2C1=O. The van der Waals surface area contributed by atoms with E-state index in [1.807, 2.05) is 49.1 Å². The van der Waals surface area contributed by atoms with E-state index in [1.54, 1.807) is 27.6 Å². The van der Waals surface area contributed by atoms with Crippen molar-refractivity contribution in [2.45, 2.75) is 42.7 Å². The number of carbonyl (C=O) groups is 3. The van der Waals surface area contributed by atoms with Gasteiger partial charge in [-0.1, -0.05) is 55.0 Å². The van der Waals surface area contributed by atoms with Crippen LogP contribution in [0.5, 0.6) is 0 Å². The molecule has 192 valence electrons. The molecule has 7 nitrogen and oxygen atoms in total.